The van der Waals surface area contributed by atoms with Crippen molar-refractivity contribution in [1.82, 2.24) is 4.72 Å². The summed E-state index contributed by atoms with van der Waals surface area (Å²) >= 11 is 0. The number of nitriles is 1. The van der Waals surface area contributed by atoms with Gasteiger partial charge in [-0.15, -0.1) is 0 Å². The molecule has 6 nitrogen and oxygen atoms in total. The molecule has 43 heavy (non-hydrogen) atoms. The molecule has 0 amide bonds. The fourth-order valence-corrected chi connectivity index (χ4v) is 12.3. The van der Waals surface area contributed by atoms with Crippen LogP contribution in [0.25, 0.3) is 0 Å². The number of nitrogens with zero attached hydrogens (tertiary/aromatic N) is 1. The van der Waals surface area contributed by atoms with E-state index in [1.54, 1.807) is 24.3 Å². The van der Waals surface area contributed by atoms with Crippen molar-refractivity contribution in [2.75, 3.05) is 0 Å². The van der Waals surface area contributed by atoms with Crippen LogP contribution in [-0.4, -0.2) is 25.5 Å². The topological polar surface area (TPSA) is 104 Å². The van der Waals surface area contributed by atoms with E-state index in [4.69, 9.17) is 0 Å². The third-order valence-corrected chi connectivity index (χ3v) is 14.8. The van der Waals surface area contributed by atoms with Gasteiger partial charge in [0.2, 0.25) is 10.0 Å². The number of carbonyl (C=O) groups excluding carboxylic acids is 2. The molecule has 0 saturated heterocycles. The molecule has 3 fully saturated rings. The number of benzene rings is 1. The maximum absolute atomic E-state index is 14.7. The van der Waals surface area contributed by atoms with Gasteiger partial charge in [0.05, 0.1) is 10.5 Å². The SMILES string of the molecule is CC1(C)CCC2(NS(=O)(=O)c3ccccc3)CCC3(C)C(C(=O)C=C4C5(C)C=C(C#N)C(=O)C(C)(C)C5CCC43C)C2C1. The van der Waals surface area contributed by atoms with Gasteiger partial charge >= 0.3 is 0 Å². The molecule has 0 radical (unpaired) electrons. The number of allylic oxidation sites excluding steroid dienone is 4. The second kappa shape index (κ2) is 9.23. The van der Waals surface area contributed by atoms with E-state index in [0.29, 0.717) is 12.8 Å². The maximum Gasteiger partial charge on any atom is 0.241 e. The second-order valence-electron chi connectivity index (χ2n) is 16.3. The molecule has 0 bridgehead atoms. The number of carbonyl (C=O) groups is 2. The van der Waals surface area contributed by atoms with Crippen LogP contribution in [0.4, 0.5) is 0 Å². The lowest BCUT2D eigenvalue weighted by Crippen LogP contribution is -2.69. The lowest BCUT2D eigenvalue weighted by Gasteiger charge is -2.69. The number of rotatable bonds is 3. The minimum Gasteiger partial charge on any atom is -0.295 e. The first-order valence-corrected chi connectivity index (χ1v) is 17.4. The number of hydrogen-bond donors (Lipinski definition) is 1. The molecule has 1 aromatic carbocycles. The summed E-state index contributed by atoms with van der Waals surface area (Å²) in [5.41, 5.74) is -1.49. The Morgan fingerprint density at radius 3 is 2.21 bits per heavy atom. The van der Waals surface area contributed by atoms with Crippen LogP contribution < -0.4 is 4.72 Å². The summed E-state index contributed by atoms with van der Waals surface area (Å²) < 4.78 is 30.8. The molecule has 7 unspecified atom stereocenters. The van der Waals surface area contributed by atoms with Crippen LogP contribution >= 0.6 is 0 Å². The van der Waals surface area contributed by atoms with Crippen molar-refractivity contribution in [3.8, 4) is 6.07 Å². The lowest BCUT2D eigenvalue weighted by molar-refractivity contribution is -0.159. The quantitative estimate of drug-likeness (QED) is 0.404. The highest BCUT2D eigenvalue weighted by atomic mass is 32.2. The monoisotopic (exact) mass is 602 g/mol. The van der Waals surface area contributed by atoms with Crippen molar-refractivity contribution in [3.63, 3.8) is 0 Å². The first-order chi connectivity index (χ1) is 19.9. The molecule has 3 saturated carbocycles. The summed E-state index contributed by atoms with van der Waals surface area (Å²) in [6.07, 6.45) is 9.19. The van der Waals surface area contributed by atoms with E-state index in [-0.39, 0.29) is 50.6 Å². The van der Waals surface area contributed by atoms with Crippen LogP contribution in [0, 0.1) is 56.2 Å². The van der Waals surface area contributed by atoms with Crippen LogP contribution in [-0.2, 0) is 19.6 Å². The molecule has 1 aromatic rings. The van der Waals surface area contributed by atoms with E-state index in [9.17, 15) is 23.3 Å². The molecule has 0 aliphatic heterocycles. The third kappa shape index (κ3) is 4.08. The molecule has 5 aliphatic rings. The van der Waals surface area contributed by atoms with Crippen molar-refractivity contribution in [2.45, 2.75) is 104 Å². The molecule has 7 atom stereocenters. The van der Waals surface area contributed by atoms with E-state index in [2.05, 4.69) is 45.4 Å². The maximum atomic E-state index is 14.7. The average Bonchev–Trinajstić information content (AvgIpc) is 2.93. The Kier molecular flexibility index (Phi) is 6.54. The fraction of sp³-hybridized carbons (Fsp3) is 0.639. The van der Waals surface area contributed by atoms with Crippen molar-refractivity contribution in [2.24, 2.45) is 44.8 Å². The van der Waals surface area contributed by atoms with Crippen LogP contribution in [0.5, 0.6) is 0 Å². The number of fused-ring (bicyclic) bond motifs is 7. The van der Waals surface area contributed by atoms with Gasteiger partial charge in [0.15, 0.2) is 11.6 Å². The second-order valence-corrected chi connectivity index (χ2v) is 18.0. The minimum atomic E-state index is -3.79. The molecule has 1 N–H and O–H groups in total. The van der Waals surface area contributed by atoms with Gasteiger partial charge in [-0.1, -0.05) is 78.3 Å². The van der Waals surface area contributed by atoms with E-state index in [1.165, 1.54) is 0 Å². The Labute approximate surface area is 257 Å². The van der Waals surface area contributed by atoms with E-state index >= 15 is 0 Å². The Hall–Kier alpha value is -2.56. The largest absolute Gasteiger partial charge is 0.295 e. The van der Waals surface area contributed by atoms with E-state index in [0.717, 1.165) is 37.7 Å². The Balaban J connectivity index is 1.49. The van der Waals surface area contributed by atoms with Crippen LogP contribution in [0.2, 0.25) is 0 Å². The summed E-state index contributed by atoms with van der Waals surface area (Å²) in [5.74, 6) is -0.512. The normalized spacial score (nSPS) is 41.4. The Bertz CT molecular complexity index is 1620. The molecule has 6 rings (SSSR count). The van der Waals surface area contributed by atoms with Gasteiger partial charge in [0, 0.05) is 22.3 Å². The number of hydrogen-bond acceptors (Lipinski definition) is 5. The molecule has 7 heteroatoms. The van der Waals surface area contributed by atoms with Gasteiger partial charge in [0.1, 0.15) is 6.07 Å². The third-order valence-electron chi connectivity index (χ3n) is 13.3. The van der Waals surface area contributed by atoms with E-state index in [1.807, 2.05) is 32.1 Å². The van der Waals surface area contributed by atoms with Crippen molar-refractivity contribution < 1.29 is 18.0 Å². The van der Waals surface area contributed by atoms with Gasteiger partial charge < -0.3 is 0 Å². The predicted molar refractivity (Wildman–Crippen MR) is 166 cm³/mol. The van der Waals surface area contributed by atoms with E-state index < -0.39 is 31.8 Å². The summed E-state index contributed by atoms with van der Waals surface area (Å²) in [6.45, 7) is 15.1. The number of Topliss-reactive ketones (excluding diaryl/α,β-unsaturated/α-hetero) is 1. The first kappa shape index (κ1) is 30.5. The van der Waals surface area contributed by atoms with Gasteiger partial charge in [-0.3, -0.25) is 9.59 Å². The zero-order valence-corrected chi connectivity index (χ0v) is 27.5. The molecule has 0 aromatic heterocycles. The van der Waals surface area contributed by atoms with Crippen molar-refractivity contribution in [3.05, 3.63) is 53.6 Å². The molecular formula is C36H46N2O4S. The standard InChI is InChI=1S/C36H46N2O4S/c1-31(2)15-17-36(38-43(41,42)24-11-9-8-10-12-24)18-16-35(7)29(25(36)21-31)26(39)19-28-33(5)20-23(22-37)30(40)32(3,4)27(33)13-14-34(28,35)6/h8-12,19-20,25,27,29,38H,13-18,21H2,1-7H3. The highest BCUT2D eigenvalue weighted by Gasteiger charge is 2.70. The predicted octanol–water partition coefficient (Wildman–Crippen LogP) is 6.94. The highest BCUT2D eigenvalue weighted by Crippen LogP contribution is 2.73. The average molecular weight is 603 g/mol. The van der Waals surface area contributed by atoms with Crippen LogP contribution in [0.1, 0.15) is 93.4 Å². The molecule has 0 heterocycles. The van der Waals surface area contributed by atoms with Crippen molar-refractivity contribution >= 4 is 21.6 Å². The summed E-state index contributed by atoms with van der Waals surface area (Å²) in [7, 11) is -3.79. The summed E-state index contributed by atoms with van der Waals surface area (Å²) in [6, 6.07) is 10.7. The zero-order chi connectivity index (χ0) is 31.4. The molecule has 230 valence electrons. The number of ketones is 2. The summed E-state index contributed by atoms with van der Waals surface area (Å²) in [4.78, 5) is 28.2. The highest BCUT2D eigenvalue weighted by molar-refractivity contribution is 7.89. The zero-order valence-electron chi connectivity index (χ0n) is 26.7. The van der Waals surface area contributed by atoms with Gasteiger partial charge in [0.25, 0.3) is 0 Å². The van der Waals surface area contributed by atoms with Gasteiger partial charge in [-0.2, -0.15) is 5.26 Å². The molecule has 0 spiro atoms. The fourth-order valence-electron chi connectivity index (χ4n) is 10.7. The lowest BCUT2D eigenvalue weighted by atomic mass is 9.35. The Morgan fingerprint density at radius 2 is 1.56 bits per heavy atom. The van der Waals surface area contributed by atoms with Gasteiger partial charge in [-0.05, 0) is 91.2 Å². The Morgan fingerprint density at radius 1 is 0.907 bits per heavy atom. The van der Waals surface area contributed by atoms with Gasteiger partial charge in [-0.25, -0.2) is 13.1 Å². The van der Waals surface area contributed by atoms with Crippen LogP contribution in [0.15, 0.2) is 58.5 Å². The van der Waals surface area contributed by atoms with Crippen LogP contribution in [0.3, 0.4) is 0 Å². The number of nitrogens with one attached hydrogen (secondary N) is 1. The smallest absolute Gasteiger partial charge is 0.241 e. The summed E-state index contributed by atoms with van der Waals surface area (Å²) in [5, 5.41) is 9.95. The number of sulfonamides is 1. The first-order valence-electron chi connectivity index (χ1n) is 15.9. The minimum absolute atomic E-state index is 0.00847. The molecular weight excluding hydrogens is 556 g/mol. The molecule has 5 aliphatic carbocycles. The van der Waals surface area contributed by atoms with Crippen molar-refractivity contribution in [1.29, 1.82) is 5.26 Å².